The number of hydrogen-bond donors (Lipinski definition) is 1. The summed E-state index contributed by atoms with van der Waals surface area (Å²) >= 11 is 7.55. The molecule has 0 saturated heterocycles. The van der Waals surface area contributed by atoms with E-state index in [2.05, 4.69) is 4.99 Å². The molecule has 5 heteroatoms. The minimum Gasteiger partial charge on any atom is -0.478 e. The number of aromatic carboxylic acids is 1. The van der Waals surface area contributed by atoms with Gasteiger partial charge in [-0.2, -0.15) is 0 Å². The summed E-state index contributed by atoms with van der Waals surface area (Å²) in [6.07, 6.45) is 1.72. The Morgan fingerprint density at radius 3 is 2.24 bits per heavy atom. The highest BCUT2D eigenvalue weighted by molar-refractivity contribution is 7.99. The number of carbonyl (C=O) groups is 1. The number of carboxylic acids is 1. The summed E-state index contributed by atoms with van der Waals surface area (Å²) in [5, 5.41) is 9.72. The molecule has 0 aliphatic heterocycles. The zero-order chi connectivity index (χ0) is 17.6. The molecular weight excluding hydrogens is 354 g/mol. The fraction of sp³-hybridized carbons (Fsp3) is 0. The van der Waals surface area contributed by atoms with Gasteiger partial charge in [-0.15, -0.1) is 0 Å². The predicted octanol–water partition coefficient (Wildman–Crippen LogP) is 5.94. The molecule has 3 nitrogen and oxygen atoms in total. The van der Waals surface area contributed by atoms with Gasteiger partial charge < -0.3 is 5.11 Å². The van der Waals surface area contributed by atoms with Crippen molar-refractivity contribution in [2.75, 3.05) is 0 Å². The van der Waals surface area contributed by atoms with Crippen molar-refractivity contribution in [1.82, 2.24) is 0 Å². The molecule has 0 bridgehead atoms. The molecule has 0 spiro atoms. The maximum absolute atomic E-state index is 11.0. The Balaban J connectivity index is 1.69. The quantitative estimate of drug-likeness (QED) is 0.567. The average Bonchev–Trinajstić information content (AvgIpc) is 2.63. The molecule has 0 unspecified atom stereocenters. The van der Waals surface area contributed by atoms with E-state index >= 15 is 0 Å². The molecular formula is C20H14ClNO2S. The molecule has 0 radical (unpaired) electrons. The molecule has 3 aromatic carbocycles. The predicted molar refractivity (Wildman–Crippen MR) is 103 cm³/mol. The topological polar surface area (TPSA) is 49.7 Å². The Morgan fingerprint density at radius 1 is 0.960 bits per heavy atom. The molecule has 0 atom stereocenters. The van der Waals surface area contributed by atoms with Crippen molar-refractivity contribution >= 4 is 41.2 Å². The van der Waals surface area contributed by atoms with Gasteiger partial charge in [0, 0.05) is 21.0 Å². The fourth-order valence-corrected chi connectivity index (χ4v) is 3.07. The third-order valence-electron chi connectivity index (χ3n) is 3.39. The molecule has 3 rings (SSSR count). The Kier molecular flexibility index (Phi) is 5.53. The van der Waals surface area contributed by atoms with Crippen molar-refractivity contribution < 1.29 is 9.90 Å². The van der Waals surface area contributed by atoms with E-state index < -0.39 is 5.97 Å². The SMILES string of the molecule is O=C(O)c1cccc(N=Cc2ccc(Sc3ccc(Cl)cc3)cc2)c1. The maximum atomic E-state index is 11.0. The normalized spacial score (nSPS) is 10.9. The van der Waals surface area contributed by atoms with Crippen molar-refractivity contribution in [3.63, 3.8) is 0 Å². The van der Waals surface area contributed by atoms with Gasteiger partial charge in [0.25, 0.3) is 0 Å². The Hall–Kier alpha value is -2.56. The Bertz CT molecular complexity index is 906. The van der Waals surface area contributed by atoms with E-state index in [1.54, 1.807) is 42.2 Å². The number of benzene rings is 3. The number of halogens is 1. The van der Waals surface area contributed by atoms with Crippen molar-refractivity contribution in [1.29, 1.82) is 0 Å². The van der Waals surface area contributed by atoms with Gasteiger partial charge in [0.05, 0.1) is 11.3 Å². The third-order valence-corrected chi connectivity index (χ3v) is 4.65. The molecule has 25 heavy (non-hydrogen) atoms. The highest BCUT2D eigenvalue weighted by Gasteiger charge is 2.02. The largest absolute Gasteiger partial charge is 0.478 e. The molecule has 0 heterocycles. The minimum atomic E-state index is -0.958. The Labute approximate surface area is 155 Å². The number of nitrogens with zero attached hydrogens (tertiary/aromatic N) is 1. The van der Waals surface area contributed by atoms with E-state index in [0.717, 1.165) is 20.4 Å². The second kappa shape index (κ2) is 8.01. The van der Waals surface area contributed by atoms with Crippen LogP contribution in [0.25, 0.3) is 0 Å². The van der Waals surface area contributed by atoms with Gasteiger partial charge in [-0.3, -0.25) is 4.99 Å². The lowest BCUT2D eigenvalue weighted by molar-refractivity contribution is 0.0697. The lowest BCUT2D eigenvalue weighted by atomic mass is 10.2. The summed E-state index contributed by atoms with van der Waals surface area (Å²) < 4.78 is 0. The first-order valence-corrected chi connectivity index (χ1v) is 8.70. The monoisotopic (exact) mass is 367 g/mol. The summed E-state index contributed by atoms with van der Waals surface area (Å²) in [7, 11) is 0. The van der Waals surface area contributed by atoms with Gasteiger partial charge >= 0.3 is 5.97 Å². The molecule has 0 aliphatic rings. The van der Waals surface area contributed by atoms with Crippen molar-refractivity contribution in [3.05, 3.63) is 88.9 Å². The van der Waals surface area contributed by atoms with Crippen LogP contribution in [0, 0.1) is 0 Å². The summed E-state index contributed by atoms with van der Waals surface area (Å²) in [4.78, 5) is 17.5. The first-order valence-electron chi connectivity index (χ1n) is 7.51. The highest BCUT2D eigenvalue weighted by atomic mass is 35.5. The molecule has 0 amide bonds. The third kappa shape index (κ3) is 4.95. The van der Waals surface area contributed by atoms with Crippen LogP contribution in [0.4, 0.5) is 5.69 Å². The smallest absolute Gasteiger partial charge is 0.335 e. The zero-order valence-electron chi connectivity index (χ0n) is 13.1. The van der Waals surface area contributed by atoms with E-state index in [-0.39, 0.29) is 5.56 Å². The molecule has 0 fully saturated rings. The molecule has 0 saturated carbocycles. The van der Waals surface area contributed by atoms with E-state index in [1.165, 1.54) is 0 Å². The lowest BCUT2D eigenvalue weighted by Gasteiger charge is -2.02. The molecule has 1 N–H and O–H groups in total. The van der Waals surface area contributed by atoms with Crippen molar-refractivity contribution in [2.45, 2.75) is 9.79 Å². The second-order valence-electron chi connectivity index (χ2n) is 5.24. The number of carboxylic acid groups (broad SMARTS) is 1. The first kappa shape index (κ1) is 17.3. The van der Waals surface area contributed by atoms with Crippen LogP contribution in [0.2, 0.25) is 5.02 Å². The van der Waals surface area contributed by atoms with Gasteiger partial charge in [-0.05, 0) is 60.2 Å². The van der Waals surface area contributed by atoms with Crippen LogP contribution < -0.4 is 0 Å². The van der Waals surface area contributed by atoms with Gasteiger partial charge in [0.1, 0.15) is 0 Å². The summed E-state index contributed by atoms with van der Waals surface area (Å²) in [5.74, 6) is -0.958. The van der Waals surface area contributed by atoms with Gasteiger partial charge in [0.15, 0.2) is 0 Å². The maximum Gasteiger partial charge on any atom is 0.335 e. The summed E-state index contributed by atoms with van der Waals surface area (Å²) in [5.41, 5.74) is 1.78. The summed E-state index contributed by atoms with van der Waals surface area (Å²) in [6.45, 7) is 0. The van der Waals surface area contributed by atoms with Crippen LogP contribution in [0.1, 0.15) is 15.9 Å². The highest BCUT2D eigenvalue weighted by Crippen LogP contribution is 2.28. The van der Waals surface area contributed by atoms with Crippen molar-refractivity contribution in [2.24, 2.45) is 4.99 Å². The van der Waals surface area contributed by atoms with E-state index in [4.69, 9.17) is 16.7 Å². The second-order valence-corrected chi connectivity index (χ2v) is 6.82. The summed E-state index contributed by atoms with van der Waals surface area (Å²) in [6, 6.07) is 22.2. The molecule has 124 valence electrons. The first-order chi connectivity index (χ1) is 12.1. The number of rotatable bonds is 5. The van der Waals surface area contributed by atoms with Crippen LogP contribution in [0.15, 0.2) is 87.6 Å². The number of aliphatic imine (C=N–C) groups is 1. The lowest BCUT2D eigenvalue weighted by Crippen LogP contribution is -1.94. The standard InChI is InChI=1S/C20H14ClNO2S/c21-16-6-10-19(11-7-16)25-18-8-4-14(5-9-18)13-22-17-3-1-2-15(12-17)20(23)24/h1-13H,(H,23,24). The van der Waals surface area contributed by atoms with Crippen LogP contribution in [-0.4, -0.2) is 17.3 Å². The zero-order valence-corrected chi connectivity index (χ0v) is 14.7. The van der Waals surface area contributed by atoms with Crippen LogP contribution in [0.5, 0.6) is 0 Å². The average molecular weight is 368 g/mol. The molecule has 0 aliphatic carbocycles. The van der Waals surface area contributed by atoms with E-state index in [9.17, 15) is 4.79 Å². The van der Waals surface area contributed by atoms with Crippen LogP contribution in [-0.2, 0) is 0 Å². The number of hydrogen-bond acceptors (Lipinski definition) is 3. The van der Waals surface area contributed by atoms with Gasteiger partial charge in [0.2, 0.25) is 0 Å². The van der Waals surface area contributed by atoms with Gasteiger partial charge in [-0.25, -0.2) is 4.79 Å². The molecule has 0 aromatic heterocycles. The van der Waals surface area contributed by atoms with Gasteiger partial charge in [-0.1, -0.05) is 41.6 Å². The minimum absolute atomic E-state index is 0.226. The van der Waals surface area contributed by atoms with Crippen molar-refractivity contribution in [3.8, 4) is 0 Å². The molecule has 3 aromatic rings. The Morgan fingerprint density at radius 2 is 1.60 bits per heavy atom. The van der Waals surface area contributed by atoms with E-state index in [1.807, 2.05) is 48.5 Å². The van der Waals surface area contributed by atoms with Crippen LogP contribution >= 0.6 is 23.4 Å². The fourth-order valence-electron chi connectivity index (χ4n) is 2.13. The van der Waals surface area contributed by atoms with E-state index in [0.29, 0.717) is 5.69 Å². The van der Waals surface area contributed by atoms with Crippen LogP contribution in [0.3, 0.4) is 0 Å².